The van der Waals surface area contributed by atoms with Gasteiger partial charge in [0.2, 0.25) is 6.41 Å². The number of methoxy groups -OCH3 is 1. The Morgan fingerprint density at radius 1 is 1.42 bits per heavy atom. The Bertz CT molecular complexity index is 825. The molecule has 3 heterocycles. The van der Waals surface area contributed by atoms with Crippen molar-refractivity contribution in [2.75, 3.05) is 20.3 Å². The van der Waals surface area contributed by atoms with Gasteiger partial charge in [0.1, 0.15) is 6.10 Å². The van der Waals surface area contributed by atoms with Gasteiger partial charge in [-0.3, -0.25) is 4.79 Å². The molecular weight excluding hydrogens is 402 g/mol. The predicted octanol–water partition coefficient (Wildman–Crippen LogP) is 2.74. The van der Waals surface area contributed by atoms with Crippen LogP contribution in [0.2, 0.25) is 0 Å². The maximum Gasteiger partial charge on any atom is 0.210 e. The largest absolute Gasteiger partial charge is 0.493 e. The van der Waals surface area contributed by atoms with Crippen molar-refractivity contribution in [2.45, 2.75) is 43.8 Å². The number of hydrogen-bond acceptors (Lipinski definition) is 5. The quantitative estimate of drug-likeness (QED) is 0.542. The topological polar surface area (TPSA) is 57.2 Å². The fourth-order valence-corrected chi connectivity index (χ4v) is 5.24. The molecule has 3 aliphatic heterocycles. The number of amides is 1. The van der Waals surface area contributed by atoms with Gasteiger partial charge < -0.3 is 23.8 Å². The van der Waals surface area contributed by atoms with E-state index < -0.39 is 5.79 Å². The van der Waals surface area contributed by atoms with Crippen LogP contribution in [0.3, 0.4) is 0 Å². The van der Waals surface area contributed by atoms with E-state index in [1.807, 2.05) is 13.0 Å². The molecule has 1 aromatic rings. The monoisotopic (exact) mass is 421 g/mol. The van der Waals surface area contributed by atoms with Crippen molar-refractivity contribution < 1.29 is 23.7 Å². The molecule has 26 heavy (non-hydrogen) atoms. The van der Waals surface area contributed by atoms with Crippen LogP contribution in [0.5, 0.6) is 11.5 Å². The molecule has 1 spiro atoms. The first-order valence-electron chi connectivity index (χ1n) is 8.82. The van der Waals surface area contributed by atoms with Gasteiger partial charge in [-0.2, -0.15) is 0 Å². The van der Waals surface area contributed by atoms with Crippen molar-refractivity contribution >= 4 is 22.3 Å². The van der Waals surface area contributed by atoms with Crippen molar-refractivity contribution in [1.82, 2.24) is 4.90 Å². The third-order valence-corrected chi connectivity index (χ3v) is 6.37. The van der Waals surface area contributed by atoms with Crippen molar-refractivity contribution in [3.05, 3.63) is 33.3 Å². The fourth-order valence-electron chi connectivity index (χ4n) is 4.69. The lowest BCUT2D eigenvalue weighted by atomic mass is 9.78. The van der Waals surface area contributed by atoms with Gasteiger partial charge in [0.05, 0.1) is 19.8 Å². The molecule has 0 aromatic heterocycles. The molecule has 1 aliphatic carbocycles. The fraction of sp³-hybridized carbons (Fsp3) is 0.526. The van der Waals surface area contributed by atoms with Gasteiger partial charge in [0, 0.05) is 35.5 Å². The van der Waals surface area contributed by atoms with Crippen LogP contribution in [0.25, 0.3) is 0 Å². The van der Waals surface area contributed by atoms with E-state index in [4.69, 9.17) is 18.9 Å². The van der Waals surface area contributed by atoms with Crippen LogP contribution >= 0.6 is 15.9 Å². The normalized spacial score (nSPS) is 34.2. The molecule has 1 saturated heterocycles. The summed E-state index contributed by atoms with van der Waals surface area (Å²) in [5, 5.41) is 0. The zero-order valence-corrected chi connectivity index (χ0v) is 16.2. The smallest absolute Gasteiger partial charge is 0.210 e. The molecule has 1 fully saturated rings. The van der Waals surface area contributed by atoms with E-state index in [1.165, 1.54) is 0 Å². The van der Waals surface area contributed by atoms with E-state index in [9.17, 15) is 4.79 Å². The summed E-state index contributed by atoms with van der Waals surface area (Å²) >= 11 is 3.65. The van der Waals surface area contributed by atoms with Gasteiger partial charge >= 0.3 is 0 Å². The summed E-state index contributed by atoms with van der Waals surface area (Å²) in [5.74, 6) is 0.814. The Balaban J connectivity index is 1.70. The summed E-state index contributed by atoms with van der Waals surface area (Å²) in [5.41, 5.74) is 3.32. The highest BCUT2D eigenvalue weighted by Crippen LogP contribution is 2.56. The van der Waals surface area contributed by atoms with Gasteiger partial charge in [0.15, 0.2) is 17.3 Å². The van der Waals surface area contributed by atoms with Crippen LogP contribution in [0.15, 0.2) is 22.2 Å². The van der Waals surface area contributed by atoms with Crippen molar-refractivity contribution in [1.29, 1.82) is 0 Å². The molecule has 6 nitrogen and oxygen atoms in total. The van der Waals surface area contributed by atoms with Crippen LogP contribution in [-0.2, 0) is 20.8 Å². The minimum absolute atomic E-state index is 0.0411. The van der Waals surface area contributed by atoms with Crippen LogP contribution in [0, 0.1) is 0 Å². The molecule has 7 heteroatoms. The summed E-state index contributed by atoms with van der Waals surface area (Å²) in [6.45, 7) is 3.64. The first-order valence-corrected chi connectivity index (χ1v) is 9.61. The average molecular weight is 422 g/mol. The molecule has 0 radical (unpaired) electrons. The minimum atomic E-state index is -0.762. The second kappa shape index (κ2) is 5.71. The molecule has 4 unspecified atom stereocenters. The number of rotatable bonds is 2. The minimum Gasteiger partial charge on any atom is -0.493 e. The van der Waals surface area contributed by atoms with E-state index in [-0.39, 0.29) is 18.1 Å². The highest BCUT2D eigenvalue weighted by molar-refractivity contribution is 9.10. The zero-order chi connectivity index (χ0) is 18.1. The van der Waals surface area contributed by atoms with Crippen molar-refractivity contribution in [2.24, 2.45) is 0 Å². The second-order valence-electron chi connectivity index (χ2n) is 7.40. The average Bonchev–Trinajstić information content (AvgIpc) is 3.10. The Morgan fingerprint density at radius 2 is 2.27 bits per heavy atom. The van der Waals surface area contributed by atoms with Gasteiger partial charge in [-0.1, -0.05) is 15.9 Å². The molecule has 0 saturated carbocycles. The van der Waals surface area contributed by atoms with Crippen molar-refractivity contribution in [3.8, 4) is 11.5 Å². The third kappa shape index (κ3) is 2.27. The number of halogens is 1. The van der Waals surface area contributed by atoms with E-state index >= 15 is 0 Å². The molecule has 1 aromatic carbocycles. The summed E-state index contributed by atoms with van der Waals surface area (Å²) < 4.78 is 25.0. The Kier molecular flexibility index (Phi) is 3.64. The van der Waals surface area contributed by atoms with E-state index in [0.29, 0.717) is 31.9 Å². The SMILES string of the molecule is COc1cc(Br)c2c3c1OC1CC4(C=C(CN(C=O)C2)C31)OCC(C)O4. The summed E-state index contributed by atoms with van der Waals surface area (Å²) in [6.07, 6.45) is 3.56. The standard InChI is InChI=1S/C19H20BrNO5/c1-10-8-24-19(26-10)4-11-6-21(9-22)7-12-13(20)3-14(23-2)18-17(12)16(11)15(5-19)25-18/h3-4,9-10,15-16H,5-8H2,1-2H3. The molecule has 4 atom stereocenters. The van der Waals surface area contributed by atoms with Gasteiger partial charge in [-0.15, -0.1) is 0 Å². The molecule has 0 N–H and O–H groups in total. The first kappa shape index (κ1) is 16.6. The number of hydrogen-bond donors (Lipinski definition) is 0. The first-order chi connectivity index (χ1) is 12.5. The number of carbonyl (C=O) groups excluding carboxylic acids is 1. The maximum absolute atomic E-state index is 11.7. The van der Waals surface area contributed by atoms with Crippen molar-refractivity contribution in [3.63, 3.8) is 0 Å². The number of carbonyl (C=O) groups is 1. The molecule has 5 rings (SSSR count). The second-order valence-corrected chi connectivity index (χ2v) is 8.26. The Morgan fingerprint density at radius 3 is 2.96 bits per heavy atom. The van der Waals surface area contributed by atoms with Gasteiger partial charge in [-0.25, -0.2) is 0 Å². The maximum atomic E-state index is 11.7. The Hall–Kier alpha value is -1.57. The third-order valence-electron chi connectivity index (χ3n) is 5.66. The molecule has 0 bridgehead atoms. The van der Waals surface area contributed by atoms with Crippen LogP contribution < -0.4 is 9.47 Å². The van der Waals surface area contributed by atoms with Crippen LogP contribution in [0.1, 0.15) is 30.4 Å². The van der Waals surface area contributed by atoms with Crippen LogP contribution in [-0.4, -0.2) is 49.6 Å². The number of ether oxygens (including phenoxy) is 4. The van der Waals surface area contributed by atoms with E-state index in [2.05, 4.69) is 22.0 Å². The summed E-state index contributed by atoms with van der Waals surface area (Å²) in [7, 11) is 1.65. The summed E-state index contributed by atoms with van der Waals surface area (Å²) in [4.78, 5) is 13.4. The zero-order valence-electron chi connectivity index (χ0n) is 14.7. The lowest BCUT2D eigenvalue weighted by Gasteiger charge is -2.36. The Labute approximate surface area is 160 Å². The lowest BCUT2D eigenvalue weighted by molar-refractivity contribution is -0.151. The van der Waals surface area contributed by atoms with Gasteiger partial charge in [0.25, 0.3) is 0 Å². The number of nitrogens with zero attached hydrogens (tertiary/aromatic N) is 1. The molecular formula is C19H20BrNO5. The van der Waals surface area contributed by atoms with Gasteiger partial charge in [-0.05, 0) is 30.2 Å². The molecule has 4 aliphatic rings. The van der Waals surface area contributed by atoms with E-state index in [0.717, 1.165) is 33.3 Å². The van der Waals surface area contributed by atoms with Crippen LogP contribution in [0.4, 0.5) is 0 Å². The molecule has 1 amide bonds. The predicted molar refractivity (Wildman–Crippen MR) is 96.3 cm³/mol. The summed E-state index contributed by atoms with van der Waals surface area (Å²) in [6, 6.07) is 1.92. The highest BCUT2D eigenvalue weighted by atomic mass is 79.9. The number of benzene rings is 1. The highest BCUT2D eigenvalue weighted by Gasteiger charge is 2.53. The lowest BCUT2D eigenvalue weighted by Crippen LogP contribution is -2.42. The molecule has 138 valence electrons. The van der Waals surface area contributed by atoms with E-state index in [1.54, 1.807) is 12.0 Å².